The summed E-state index contributed by atoms with van der Waals surface area (Å²) in [6, 6.07) is 32.9. The number of fused-ring (bicyclic) bond motifs is 1. The highest BCUT2D eigenvalue weighted by molar-refractivity contribution is 7.76. The summed E-state index contributed by atoms with van der Waals surface area (Å²) in [5, 5.41) is 3.66. The minimum Gasteiger partial charge on any atom is -0.457 e. The Labute approximate surface area is 212 Å². The lowest BCUT2D eigenvalue weighted by Crippen LogP contribution is -2.35. The molecule has 1 aliphatic rings. The van der Waals surface area contributed by atoms with Gasteiger partial charge in [-0.15, -0.1) is 0 Å². The van der Waals surface area contributed by atoms with Crippen molar-refractivity contribution >= 4 is 34.6 Å². The number of esters is 1. The van der Waals surface area contributed by atoms with Crippen LogP contribution in [-0.4, -0.2) is 22.8 Å². The van der Waals surface area contributed by atoms with E-state index in [1.165, 1.54) is 0 Å². The van der Waals surface area contributed by atoms with Crippen LogP contribution in [0.15, 0.2) is 115 Å². The number of nitrogens with zero attached hydrogens (tertiary/aromatic N) is 1. The third kappa shape index (κ3) is 4.55. The fourth-order valence-electron chi connectivity index (χ4n) is 4.81. The van der Waals surface area contributed by atoms with Crippen LogP contribution < -0.4 is 10.6 Å². The number of rotatable bonds is 5. The van der Waals surface area contributed by atoms with Gasteiger partial charge in [0.15, 0.2) is 0 Å². The average molecular weight is 496 g/mol. The Kier molecular flexibility index (Phi) is 6.42. The molecular formula is C31H30NO3P. The Hall–Kier alpha value is -3.46. The van der Waals surface area contributed by atoms with Crippen LogP contribution in [0.5, 0.6) is 0 Å². The Morgan fingerprint density at radius 1 is 0.806 bits per heavy atom. The SMILES string of the molecule is CC(C)(C)OC(=O)C1=CCN(P(=O)(c2ccccc2)c2ccccc2)[C@@H]1c1ccc2ccccc2c1. The van der Waals surface area contributed by atoms with Crippen molar-refractivity contribution < 1.29 is 14.1 Å². The molecule has 0 unspecified atom stereocenters. The van der Waals surface area contributed by atoms with Crippen molar-refractivity contribution in [3.05, 3.63) is 120 Å². The summed E-state index contributed by atoms with van der Waals surface area (Å²) in [4.78, 5) is 13.4. The molecule has 1 aliphatic heterocycles. The minimum atomic E-state index is -3.31. The highest BCUT2D eigenvalue weighted by Crippen LogP contribution is 2.56. The van der Waals surface area contributed by atoms with Crippen molar-refractivity contribution in [2.24, 2.45) is 0 Å². The lowest BCUT2D eigenvalue weighted by atomic mass is 9.97. The summed E-state index contributed by atoms with van der Waals surface area (Å²) in [6.45, 7) is 5.96. The van der Waals surface area contributed by atoms with E-state index in [4.69, 9.17) is 4.74 Å². The van der Waals surface area contributed by atoms with E-state index in [0.29, 0.717) is 12.1 Å². The maximum atomic E-state index is 15.3. The van der Waals surface area contributed by atoms with Gasteiger partial charge in [0.1, 0.15) is 5.60 Å². The van der Waals surface area contributed by atoms with Gasteiger partial charge in [-0.3, -0.25) is 4.57 Å². The number of benzene rings is 4. The Bertz CT molecular complexity index is 1430. The van der Waals surface area contributed by atoms with Gasteiger partial charge in [-0.1, -0.05) is 78.9 Å². The molecule has 0 saturated carbocycles. The second kappa shape index (κ2) is 9.54. The molecule has 0 radical (unpaired) electrons. The number of ether oxygens (including phenoxy) is 1. The molecule has 36 heavy (non-hydrogen) atoms. The first-order chi connectivity index (χ1) is 17.3. The van der Waals surface area contributed by atoms with Gasteiger partial charge in [-0.2, -0.15) is 0 Å². The van der Waals surface area contributed by atoms with Gasteiger partial charge in [0.2, 0.25) is 7.29 Å². The largest absolute Gasteiger partial charge is 0.457 e. The Morgan fingerprint density at radius 3 is 1.94 bits per heavy atom. The van der Waals surface area contributed by atoms with Crippen LogP contribution in [0, 0.1) is 0 Å². The zero-order valence-electron chi connectivity index (χ0n) is 20.8. The molecule has 0 aromatic heterocycles. The number of hydrogen-bond donors (Lipinski definition) is 0. The van der Waals surface area contributed by atoms with E-state index in [-0.39, 0.29) is 5.97 Å². The summed E-state index contributed by atoms with van der Waals surface area (Å²) in [5.41, 5.74) is 0.796. The topological polar surface area (TPSA) is 46.6 Å². The number of carbonyl (C=O) groups is 1. The minimum absolute atomic E-state index is 0.368. The molecule has 0 saturated heterocycles. The first-order valence-corrected chi connectivity index (χ1v) is 13.8. The van der Waals surface area contributed by atoms with Crippen molar-refractivity contribution in [2.75, 3.05) is 6.54 Å². The maximum Gasteiger partial charge on any atom is 0.336 e. The van der Waals surface area contributed by atoms with E-state index in [9.17, 15) is 4.79 Å². The highest BCUT2D eigenvalue weighted by atomic mass is 31.2. The molecule has 0 spiro atoms. The molecule has 182 valence electrons. The molecule has 0 fully saturated rings. The summed E-state index contributed by atoms with van der Waals surface area (Å²) in [5.74, 6) is -0.379. The van der Waals surface area contributed by atoms with Crippen LogP contribution >= 0.6 is 7.29 Å². The first-order valence-electron chi connectivity index (χ1n) is 12.2. The lowest BCUT2D eigenvalue weighted by Gasteiger charge is -2.35. The van der Waals surface area contributed by atoms with Crippen LogP contribution in [0.25, 0.3) is 10.8 Å². The second-order valence-electron chi connectivity index (χ2n) is 10.0. The molecule has 1 atom stereocenters. The van der Waals surface area contributed by atoms with E-state index in [0.717, 1.165) is 26.9 Å². The second-order valence-corrected chi connectivity index (χ2v) is 12.7. The van der Waals surface area contributed by atoms with Crippen molar-refractivity contribution in [1.82, 2.24) is 4.67 Å². The standard InChI is InChI=1S/C31H30NO3P/c1-31(2,3)35-30(33)28-20-21-32(29(28)25-19-18-23-12-10-11-13-24(23)22-25)36(34,26-14-6-4-7-15-26)27-16-8-5-9-17-27/h4-20,22,29H,21H2,1-3H3/t29-/m1/s1. The Morgan fingerprint density at radius 2 is 1.36 bits per heavy atom. The van der Waals surface area contributed by atoms with Crippen LogP contribution in [0.4, 0.5) is 0 Å². The van der Waals surface area contributed by atoms with Crippen LogP contribution in [0.1, 0.15) is 32.4 Å². The fourth-order valence-corrected chi connectivity index (χ4v) is 7.75. The van der Waals surface area contributed by atoms with Gasteiger partial charge >= 0.3 is 5.97 Å². The third-order valence-corrected chi connectivity index (χ3v) is 9.50. The van der Waals surface area contributed by atoms with Gasteiger partial charge in [0, 0.05) is 17.2 Å². The van der Waals surface area contributed by atoms with Crippen molar-refractivity contribution in [3.63, 3.8) is 0 Å². The molecule has 5 rings (SSSR count). The molecular weight excluding hydrogens is 465 g/mol. The van der Waals surface area contributed by atoms with E-state index >= 15 is 4.57 Å². The van der Waals surface area contributed by atoms with Crippen molar-refractivity contribution in [3.8, 4) is 0 Å². The predicted molar refractivity (Wildman–Crippen MR) is 147 cm³/mol. The smallest absolute Gasteiger partial charge is 0.336 e. The molecule has 4 aromatic carbocycles. The molecule has 0 amide bonds. The van der Waals surface area contributed by atoms with E-state index in [1.807, 2.05) is 110 Å². The van der Waals surface area contributed by atoms with Crippen molar-refractivity contribution in [2.45, 2.75) is 32.4 Å². The van der Waals surface area contributed by atoms with Crippen molar-refractivity contribution in [1.29, 1.82) is 0 Å². The third-order valence-electron chi connectivity index (χ3n) is 6.39. The molecule has 4 aromatic rings. The first kappa shape index (κ1) is 24.2. The van der Waals surface area contributed by atoms with E-state index < -0.39 is 18.9 Å². The zero-order valence-corrected chi connectivity index (χ0v) is 21.7. The maximum absolute atomic E-state index is 15.3. The number of carbonyl (C=O) groups excluding carboxylic acids is 1. The Balaban J connectivity index is 1.69. The summed E-state index contributed by atoms with van der Waals surface area (Å²) < 4.78 is 23.1. The predicted octanol–water partition coefficient (Wildman–Crippen LogP) is 6.39. The van der Waals surface area contributed by atoms with Gasteiger partial charge in [0.05, 0.1) is 11.6 Å². The zero-order chi connectivity index (χ0) is 25.3. The van der Waals surface area contributed by atoms with Crippen LogP contribution in [0.2, 0.25) is 0 Å². The van der Waals surface area contributed by atoms with E-state index in [2.05, 4.69) is 24.3 Å². The normalized spacial score (nSPS) is 16.6. The number of hydrogen-bond acceptors (Lipinski definition) is 3. The van der Waals surface area contributed by atoms with Gasteiger partial charge < -0.3 is 4.74 Å². The van der Waals surface area contributed by atoms with Crippen LogP contribution in [-0.2, 0) is 14.1 Å². The highest BCUT2D eigenvalue weighted by Gasteiger charge is 2.45. The molecule has 0 N–H and O–H groups in total. The monoisotopic (exact) mass is 495 g/mol. The summed E-state index contributed by atoms with van der Waals surface area (Å²) in [6.07, 6.45) is 1.88. The quantitative estimate of drug-likeness (QED) is 0.238. The van der Waals surface area contributed by atoms with Gasteiger partial charge in [-0.05, 0) is 67.4 Å². The lowest BCUT2D eigenvalue weighted by molar-refractivity contribution is -0.150. The molecule has 4 nitrogen and oxygen atoms in total. The van der Waals surface area contributed by atoms with Gasteiger partial charge in [0.25, 0.3) is 0 Å². The fraction of sp³-hybridized carbons (Fsp3) is 0.194. The molecule has 1 heterocycles. The molecule has 0 bridgehead atoms. The van der Waals surface area contributed by atoms with E-state index in [1.54, 1.807) is 0 Å². The molecule has 0 aliphatic carbocycles. The summed E-state index contributed by atoms with van der Waals surface area (Å²) in [7, 11) is -3.31. The van der Waals surface area contributed by atoms with Gasteiger partial charge in [-0.25, -0.2) is 9.46 Å². The summed E-state index contributed by atoms with van der Waals surface area (Å²) >= 11 is 0. The molecule has 5 heteroatoms. The van der Waals surface area contributed by atoms with Crippen LogP contribution in [0.3, 0.4) is 0 Å². The average Bonchev–Trinajstić information content (AvgIpc) is 3.34.